The molecule has 0 N–H and O–H groups in total. The molecule has 6 fully saturated rings. The second-order valence-corrected chi connectivity index (χ2v) is 13.0. The van der Waals surface area contributed by atoms with E-state index in [1.165, 1.54) is 0 Å². The van der Waals surface area contributed by atoms with Crippen molar-refractivity contribution in [3.8, 4) is 0 Å². The predicted molar refractivity (Wildman–Crippen MR) is 136 cm³/mol. The smallest absolute Gasteiger partial charge is 0.187 e. The molecule has 2 spiro atoms. The Hall–Kier alpha value is -0.570. The van der Waals surface area contributed by atoms with Crippen molar-refractivity contribution < 1.29 is 28.4 Å². The van der Waals surface area contributed by atoms with Crippen LogP contribution in [0.1, 0.15) is 60.8 Å². The van der Waals surface area contributed by atoms with Gasteiger partial charge in [-0.2, -0.15) is 0 Å². The van der Waals surface area contributed by atoms with Gasteiger partial charge in [0.05, 0.1) is 18.3 Å². The standard InChI is InChI=1S/C29H47NO6/c1-13-10-19-15(3)22(33-26(31-8)28(19)23(13)17(5)35-28)12-21(30-7)25-16(4)20-11-14(2)24-18(6)36-29(20,24)27(32-9)34-25/h13-20,22-27H,10-12H2,1-9H3/t13?,14?,15-,16-,17?,18?,19+,20+,22-,23?,24?,25+,26+,27+,28+,29+/m1/s1. The SMILES string of the molecule is CN=C(C[C@H]1O[C@H](OC)[C@@]23OC(C)C2C(C)C[C@H]3[C@H]1C)[C@H]1O[C@H](OC)[C@@]23OC(C)C2C(C)C[C@H]3[C@H]1C. The molecule has 0 aromatic carbocycles. The molecule has 204 valence electrons. The maximum absolute atomic E-state index is 6.74. The topological polar surface area (TPSA) is 67.7 Å². The summed E-state index contributed by atoms with van der Waals surface area (Å²) >= 11 is 0. The largest absolute Gasteiger partial charge is 0.366 e. The third kappa shape index (κ3) is 3.05. The average Bonchev–Trinajstić information content (AvgIpc) is 3.22. The molecule has 16 atom stereocenters. The second kappa shape index (κ2) is 8.72. The van der Waals surface area contributed by atoms with E-state index in [1.54, 1.807) is 14.2 Å². The van der Waals surface area contributed by atoms with Gasteiger partial charge in [0.25, 0.3) is 0 Å². The third-order valence-electron chi connectivity index (χ3n) is 11.6. The lowest BCUT2D eigenvalue weighted by Crippen LogP contribution is -2.72. The van der Waals surface area contributed by atoms with Crippen molar-refractivity contribution in [3.05, 3.63) is 0 Å². The van der Waals surface area contributed by atoms with Gasteiger partial charge >= 0.3 is 0 Å². The van der Waals surface area contributed by atoms with Gasteiger partial charge in [-0.3, -0.25) is 4.99 Å². The minimum absolute atomic E-state index is 0.0117. The summed E-state index contributed by atoms with van der Waals surface area (Å²) in [5.41, 5.74) is 0.441. The minimum Gasteiger partial charge on any atom is -0.366 e. The van der Waals surface area contributed by atoms with Crippen LogP contribution in [0.25, 0.3) is 0 Å². The van der Waals surface area contributed by atoms with E-state index in [0.29, 0.717) is 47.3 Å². The lowest BCUT2D eigenvalue weighted by molar-refractivity contribution is -0.393. The average molecular weight is 506 g/mol. The zero-order valence-electron chi connectivity index (χ0n) is 23.6. The van der Waals surface area contributed by atoms with Crippen LogP contribution >= 0.6 is 0 Å². The Bertz CT molecular complexity index is 897. The predicted octanol–water partition coefficient (Wildman–Crippen LogP) is 4.32. The van der Waals surface area contributed by atoms with E-state index < -0.39 is 0 Å². The molecule has 2 saturated carbocycles. The molecule has 7 heteroatoms. The fourth-order valence-electron chi connectivity index (χ4n) is 10.4. The van der Waals surface area contributed by atoms with E-state index in [0.717, 1.165) is 25.0 Å². The summed E-state index contributed by atoms with van der Waals surface area (Å²) in [6.45, 7) is 13.8. The molecule has 6 aliphatic rings. The highest BCUT2D eigenvalue weighted by Gasteiger charge is 2.74. The zero-order valence-corrected chi connectivity index (χ0v) is 23.6. The van der Waals surface area contributed by atoms with E-state index in [-0.39, 0.29) is 48.2 Å². The third-order valence-corrected chi connectivity index (χ3v) is 11.6. The molecule has 6 rings (SSSR count). The first kappa shape index (κ1) is 25.7. The molecule has 7 nitrogen and oxygen atoms in total. The van der Waals surface area contributed by atoms with Crippen molar-refractivity contribution in [1.29, 1.82) is 0 Å². The second-order valence-electron chi connectivity index (χ2n) is 13.0. The van der Waals surface area contributed by atoms with Crippen molar-refractivity contribution in [1.82, 2.24) is 0 Å². The van der Waals surface area contributed by atoms with Crippen LogP contribution < -0.4 is 0 Å². The summed E-state index contributed by atoms with van der Waals surface area (Å²) in [7, 11) is 5.41. The molecular weight excluding hydrogens is 458 g/mol. The quantitative estimate of drug-likeness (QED) is 0.519. The van der Waals surface area contributed by atoms with E-state index >= 15 is 0 Å². The van der Waals surface area contributed by atoms with Gasteiger partial charge < -0.3 is 28.4 Å². The van der Waals surface area contributed by atoms with Crippen LogP contribution in [0.2, 0.25) is 0 Å². The summed E-state index contributed by atoms with van der Waals surface area (Å²) < 4.78 is 38.4. The van der Waals surface area contributed by atoms with Crippen LogP contribution in [0.3, 0.4) is 0 Å². The van der Waals surface area contributed by atoms with Gasteiger partial charge in [-0.05, 0) is 62.2 Å². The van der Waals surface area contributed by atoms with Gasteiger partial charge in [-0.1, -0.05) is 27.7 Å². The van der Waals surface area contributed by atoms with Gasteiger partial charge in [0.15, 0.2) is 12.6 Å². The maximum Gasteiger partial charge on any atom is 0.187 e. The normalized spacial score (nSPS) is 59.9. The zero-order chi connectivity index (χ0) is 25.7. The van der Waals surface area contributed by atoms with Crippen LogP contribution in [0.5, 0.6) is 0 Å². The fourth-order valence-corrected chi connectivity index (χ4v) is 10.4. The molecule has 0 radical (unpaired) electrons. The molecule has 4 heterocycles. The molecule has 2 aliphatic carbocycles. The van der Waals surface area contributed by atoms with Crippen LogP contribution in [0, 0.1) is 47.3 Å². The van der Waals surface area contributed by atoms with Crippen LogP contribution in [0.15, 0.2) is 4.99 Å². The Labute approximate surface area is 216 Å². The van der Waals surface area contributed by atoms with Crippen molar-refractivity contribution >= 4 is 5.71 Å². The van der Waals surface area contributed by atoms with Gasteiger partial charge in [0.2, 0.25) is 0 Å². The lowest BCUT2D eigenvalue weighted by atomic mass is 9.65. The molecule has 36 heavy (non-hydrogen) atoms. The molecule has 0 aromatic heterocycles. The Morgan fingerprint density at radius 2 is 1.28 bits per heavy atom. The highest BCUT2D eigenvalue weighted by molar-refractivity contribution is 5.89. The molecule has 4 saturated heterocycles. The molecule has 4 aliphatic heterocycles. The van der Waals surface area contributed by atoms with E-state index in [1.807, 2.05) is 7.05 Å². The van der Waals surface area contributed by atoms with Gasteiger partial charge in [0, 0.05) is 45.2 Å². The number of aliphatic imine (C=N–C) groups is 1. The first-order chi connectivity index (χ1) is 17.1. The van der Waals surface area contributed by atoms with Crippen LogP contribution in [0.4, 0.5) is 0 Å². The van der Waals surface area contributed by atoms with E-state index in [9.17, 15) is 0 Å². The Morgan fingerprint density at radius 1 is 0.778 bits per heavy atom. The van der Waals surface area contributed by atoms with Gasteiger partial charge in [-0.15, -0.1) is 0 Å². The maximum atomic E-state index is 6.74. The van der Waals surface area contributed by atoms with Crippen molar-refractivity contribution in [2.45, 2.75) is 109 Å². The number of ether oxygens (including phenoxy) is 6. The first-order valence-corrected chi connectivity index (χ1v) is 14.3. The Kier molecular flexibility index (Phi) is 6.22. The van der Waals surface area contributed by atoms with E-state index in [2.05, 4.69) is 41.5 Å². The summed E-state index contributed by atoms with van der Waals surface area (Å²) in [5.74, 6) is 3.67. The highest BCUT2D eigenvalue weighted by Crippen LogP contribution is 2.65. The first-order valence-electron chi connectivity index (χ1n) is 14.3. The van der Waals surface area contributed by atoms with Crippen molar-refractivity contribution in [2.24, 2.45) is 52.3 Å². The Balaban J connectivity index is 1.23. The summed E-state index contributed by atoms with van der Waals surface area (Å²) in [6, 6.07) is 0. The minimum atomic E-state index is -0.368. The number of nitrogens with zero attached hydrogens (tertiary/aromatic N) is 1. The molecular formula is C29H47NO6. The Morgan fingerprint density at radius 3 is 1.75 bits per heavy atom. The number of methoxy groups -OCH3 is 2. The number of hydrogen-bond donors (Lipinski definition) is 0. The van der Waals surface area contributed by atoms with Gasteiger partial charge in [0.1, 0.15) is 17.3 Å². The van der Waals surface area contributed by atoms with Crippen LogP contribution in [-0.4, -0.2) is 75.2 Å². The van der Waals surface area contributed by atoms with Crippen molar-refractivity contribution in [3.63, 3.8) is 0 Å². The number of hydrogen-bond acceptors (Lipinski definition) is 7. The number of rotatable bonds is 5. The summed E-state index contributed by atoms with van der Waals surface area (Å²) in [4.78, 5) is 4.82. The molecule has 0 aromatic rings. The summed E-state index contributed by atoms with van der Waals surface area (Å²) in [5, 5.41) is 0. The van der Waals surface area contributed by atoms with Crippen LogP contribution in [-0.2, 0) is 28.4 Å². The molecule has 6 unspecified atom stereocenters. The van der Waals surface area contributed by atoms with Gasteiger partial charge in [-0.25, -0.2) is 0 Å². The summed E-state index contributed by atoms with van der Waals surface area (Å²) in [6.07, 6.45) is 2.78. The van der Waals surface area contributed by atoms with Crippen molar-refractivity contribution in [2.75, 3.05) is 21.3 Å². The molecule has 0 amide bonds. The monoisotopic (exact) mass is 505 g/mol. The fraction of sp³-hybridized carbons (Fsp3) is 0.966. The van der Waals surface area contributed by atoms with E-state index in [4.69, 9.17) is 33.4 Å². The lowest BCUT2D eigenvalue weighted by Gasteiger charge is -2.61. The highest BCUT2D eigenvalue weighted by atomic mass is 16.7. The molecule has 0 bridgehead atoms.